The van der Waals surface area contributed by atoms with Crippen molar-refractivity contribution >= 4 is 23.3 Å². The Hall–Kier alpha value is -3.74. The Kier molecular flexibility index (Phi) is 6.30. The minimum absolute atomic E-state index is 0.294. The van der Waals surface area contributed by atoms with Crippen LogP contribution in [0.4, 0.5) is 11.4 Å². The smallest absolute Gasteiger partial charge is 0.338 e. The van der Waals surface area contributed by atoms with Crippen LogP contribution in [-0.2, 0) is 11.3 Å². The third-order valence-electron chi connectivity index (χ3n) is 3.85. The molecule has 7 heteroatoms. The lowest BCUT2D eigenvalue weighted by Gasteiger charge is -2.09. The highest BCUT2D eigenvalue weighted by molar-refractivity contribution is 6.04. The molecule has 2 heterocycles. The number of rotatable bonds is 7. The van der Waals surface area contributed by atoms with Gasteiger partial charge in [0.2, 0.25) is 0 Å². The summed E-state index contributed by atoms with van der Waals surface area (Å²) in [4.78, 5) is 32.5. The van der Waals surface area contributed by atoms with Crippen LogP contribution in [0, 0.1) is 0 Å². The monoisotopic (exact) mass is 376 g/mol. The lowest BCUT2D eigenvalue weighted by molar-refractivity contribution is 0.0526. The quantitative estimate of drug-likeness (QED) is 0.613. The molecule has 0 unspecified atom stereocenters. The number of hydrogen-bond donors (Lipinski definition) is 2. The van der Waals surface area contributed by atoms with Crippen LogP contribution >= 0.6 is 0 Å². The Balaban J connectivity index is 1.62. The molecular weight excluding hydrogens is 356 g/mol. The van der Waals surface area contributed by atoms with E-state index >= 15 is 0 Å². The number of pyridine rings is 2. The molecule has 0 saturated carbocycles. The molecule has 1 aromatic carbocycles. The van der Waals surface area contributed by atoms with E-state index in [4.69, 9.17) is 4.74 Å². The van der Waals surface area contributed by atoms with Gasteiger partial charge in [-0.1, -0.05) is 6.07 Å². The fourth-order valence-corrected chi connectivity index (χ4v) is 2.46. The lowest BCUT2D eigenvalue weighted by atomic mass is 10.2. The number of aromatic nitrogens is 2. The lowest BCUT2D eigenvalue weighted by Crippen LogP contribution is -2.13. The van der Waals surface area contributed by atoms with E-state index in [2.05, 4.69) is 20.6 Å². The molecule has 0 saturated heterocycles. The first-order valence-electron chi connectivity index (χ1n) is 8.83. The molecule has 0 fully saturated rings. The summed E-state index contributed by atoms with van der Waals surface area (Å²) >= 11 is 0. The Morgan fingerprint density at radius 1 is 1.00 bits per heavy atom. The predicted octanol–water partition coefficient (Wildman–Crippen LogP) is 3.52. The summed E-state index contributed by atoms with van der Waals surface area (Å²) in [5.41, 5.74) is 3.03. The SMILES string of the molecule is CCOC(=O)c1ccc(NC(=O)c2cncc(NCc3ccccn3)c2)cc1. The zero-order valence-electron chi connectivity index (χ0n) is 15.4. The van der Waals surface area contributed by atoms with Crippen molar-refractivity contribution in [3.63, 3.8) is 0 Å². The first-order chi connectivity index (χ1) is 13.7. The van der Waals surface area contributed by atoms with Crippen molar-refractivity contribution in [2.24, 2.45) is 0 Å². The number of hydrogen-bond acceptors (Lipinski definition) is 6. The molecular formula is C21H20N4O3. The van der Waals surface area contributed by atoms with Crippen molar-refractivity contribution in [1.29, 1.82) is 0 Å². The third kappa shape index (κ3) is 5.14. The summed E-state index contributed by atoms with van der Waals surface area (Å²) < 4.78 is 4.94. The molecule has 0 spiro atoms. The minimum atomic E-state index is -0.392. The van der Waals surface area contributed by atoms with Gasteiger partial charge < -0.3 is 15.4 Å². The van der Waals surface area contributed by atoms with E-state index in [0.29, 0.717) is 30.0 Å². The molecule has 7 nitrogen and oxygen atoms in total. The summed E-state index contributed by atoms with van der Waals surface area (Å²) in [6, 6.07) is 13.9. The molecule has 3 aromatic rings. The number of anilines is 2. The van der Waals surface area contributed by atoms with E-state index in [1.165, 1.54) is 6.20 Å². The Morgan fingerprint density at radius 3 is 2.54 bits per heavy atom. The van der Waals surface area contributed by atoms with Gasteiger partial charge in [0.1, 0.15) is 0 Å². The largest absolute Gasteiger partial charge is 0.462 e. The molecule has 28 heavy (non-hydrogen) atoms. The third-order valence-corrected chi connectivity index (χ3v) is 3.85. The first-order valence-corrected chi connectivity index (χ1v) is 8.83. The van der Waals surface area contributed by atoms with Crippen molar-refractivity contribution in [1.82, 2.24) is 9.97 Å². The first kappa shape index (κ1) is 19.0. The fraction of sp³-hybridized carbons (Fsp3) is 0.143. The molecule has 0 radical (unpaired) electrons. The Labute approximate surface area is 162 Å². The van der Waals surface area contributed by atoms with Crippen molar-refractivity contribution < 1.29 is 14.3 Å². The second-order valence-electron chi connectivity index (χ2n) is 5.89. The Bertz CT molecular complexity index is 943. The molecule has 2 aromatic heterocycles. The van der Waals surface area contributed by atoms with Gasteiger partial charge in [-0.25, -0.2) is 4.79 Å². The number of carbonyl (C=O) groups is 2. The topological polar surface area (TPSA) is 93.2 Å². The summed E-state index contributed by atoms with van der Waals surface area (Å²) in [6.45, 7) is 2.60. The summed E-state index contributed by atoms with van der Waals surface area (Å²) in [5, 5.41) is 5.98. The maximum Gasteiger partial charge on any atom is 0.338 e. The van der Waals surface area contributed by atoms with Gasteiger partial charge in [-0.05, 0) is 49.4 Å². The second kappa shape index (κ2) is 9.27. The van der Waals surface area contributed by atoms with Gasteiger partial charge in [0.25, 0.3) is 5.91 Å². The second-order valence-corrected chi connectivity index (χ2v) is 5.89. The number of carbonyl (C=O) groups excluding carboxylic acids is 2. The molecule has 2 N–H and O–H groups in total. The van der Waals surface area contributed by atoms with Gasteiger partial charge in [0, 0.05) is 24.3 Å². The van der Waals surface area contributed by atoms with Crippen molar-refractivity contribution in [2.45, 2.75) is 13.5 Å². The van der Waals surface area contributed by atoms with Crippen LogP contribution in [0.5, 0.6) is 0 Å². The van der Waals surface area contributed by atoms with Gasteiger partial charge in [-0.2, -0.15) is 0 Å². The number of esters is 1. The minimum Gasteiger partial charge on any atom is -0.462 e. The summed E-state index contributed by atoms with van der Waals surface area (Å²) in [7, 11) is 0. The number of nitrogens with one attached hydrogen (secondary N) is 2. The van der Waals surface area contributed by atoms with E-state index in [0.717, 1.165) is 11.4 Å². The normalized spacial score (nSPS) is 10.2. The average Bonchev–Trinajstić information content (AvgIpc) is 2.74. The van der Waals surface area contributed by atoms with Crippen molar-refractivity contribution in [3.8, 4) is 0 Å². The maximum atomic E-state index is 12.5. The highest BCUT2D eigenvalue weighted by atomic mass is 16.5. The summed E-state index contributed by atoms with van der Waals surface area (Å²) in [6.07, 6.45) is 4.87. The van der Waals surface area contributed by atoms with E-state index in [9.17, 15) is 9.59 Å². The predicted molar refractivity (Wildman–Crippen MR) is 106 cm³/mol. The maximum absolute atomic E-state index is 12.5. The van der Waals surface area contributed by atoms with Gasteiger partial charge in [-0.15, -0.1) is 0 Å². The van der Waals surface area contributed by atoms with Crippen LogP contribution < -0.4 is 10.6 Å². The van der Waals surface area contributed by atoms with Crippen LogP contribution in [0.15, 0.2) is 67.1 Å². The summed E-state index contributed by atoms with van der Waals surface area (Å²) in [5.74, 6) is -0.686. The van der Waals surface area contributed by atoms with Crippen molar-refractivity contribution in [2.75, 3.05) is 17.2 Å². The molecule has 1 amide bonds. The van der Waals surface area contributed by atoms with Crippen LogP contribution in [0.3, 0.4) is 0 Å². The van der Waals surface area contributed by atoms with Crippen LogP contribution in [0.1, 0.15) is 33.3 Å². The molecule has 0 atom stereocenters. The molecule has 0 aliphatic rings. The van der Waals surface area contributed by atoms with Crippen LogP contribution in [0.2, 0.25) is 0 Å². The van der Waals surface area contributed by atoms with Crippen LogP contribution in [0.25, 0.3) is 0 Å². The highest BCUT2D eigenvalue weighted by Gasteiger charge is 2.10. The highest BCUT2D eigenvalue weighted by Crippen LogP contribution is 2.14. The van der Waals surface area contributed by atoms with Gasteiger partial charge >= 0.3 is 5.97 Å². The average molecular weight is 376 g/mol. The van der Waals surface area contributed by atoms with Gasteiger partial charge in [0.05, 0.1) is 35.7 Å². The molecule has 0 aliphatic heterocycles. The number of nitrogens with zero attached hydrogens (tertiary/aromatic N) is 2. The molecule has 0 aliphatic carbocycles. The van der Waals surface area contributed by atoms with E-state index in [1.807, 2.05) is 18.2 Å². The van der Waals surface area contributed by atoms with E-state index in [-0.39, 0.29) is 5.91 Å². The molecule has 142 valence electrons. The van der Waals surface area contributed by atoms with E-state index < -0.39 is 5.97 Å². The Morgan fingerprint density at radius 2 is 1.82 bits per heavy atom. The number of ether oxygens (including phenoxy) is 1. The molecule has 3 rings (SSSR count). The molecule has 0 bridgehead atoms. The van der Waals surface area contributed by atoms with E-state index in [1.54, 1.807) is 49.6 Å². The van der Waals surface area contributed by atoms with Crippen molar-refractivity contribution in [3.05, 3.63) is 83.9 Å². The van der Waals surface area contributed by atoms with Crippen LogP contribution in [-0.4, -0.2) is 28.5 Å². The number of amides is 1. The zero-order valence-corrected chi connectivity index (χ0v) is 15.4. The zero-order chi connectivity index (χ0) is 19.8. The number of benzene rings is 1. The standard InChI is InChI=1S/C21H20N4O3/c1-2-28-21(27)15-6-8-17(9-7-15)25-20(26)16-11-19(13-22-12-16)24-14-18-5-3-4-10-23-18/h3-13,24H,2,14H2,1H3,(H,25,26). The fourth-order valence-electron chi connectivity index (χ4n) is 2.46. The van der Waals surface area contributed by atoms with Gasteiger partial charge in [-0.3, -0.25) is 14.8 Å². The van der Waals surface area contributed by atoms with Gasteiger partial charge in [0.15, 0.2) is 0 Å².